The monoisotopic (exact) mass is 328 g/mol. The van der Waals surface area contributed by atoms with E-state index in [-0.39, 0.29) is 0 Å². The fraction of sp³-hybridized carbons (Fsp3) is 0.765. The topological polar surface area (TPSA) is 71.1 Å². The van der Waals surface area contributed by atoms with Gasteiger partial charge in [0.2, 0.25) is 5.60 Å². The second-order valence-electron chi connectivity index (χ2n) is 6.52. The quantitative estimate of drug-likeness (QED) is 0.405. The summed E-state index contributed by atoms with van der Waals surface area (Å²) < 4.78 is 0. The van der Waals surface area contributed by atoms with E-state index >= 15 is 0 Å². The number of hydrogen-bond acceptors (Lipinski definition) is 6. The maximum atomic E-state index is 12.6. The Morgan fingerprint density at radius 1 is 1.22 bits per heavy atom. The first kappa shape index (κ1) is 19.6. The summed E-state index contributed by atoms with van der Waals surface area (Å²) in [5.74, 6) is -1.34. The van der Waals surface area contributed by atoms with Gasteiger partial charge in [0, 0.05) is 0 Å². The van der Waals surface area contributed by atoms with Gasteiger partial charge < -0.3 is 0 Å². The van der Waals surface area contributed by atoms with Crippen LogP contribution in [-0.2, 0) is 29.1 Å². The van der Waals surface area contributed by atoms with Gasteiger partial charge >= 0.3 is 11.9 Å². The van der Waals surface area contributed by atoms with Gasteiger partial charge in [-0.25, -0.2) is 29.1 Å². The molecule has 0 N–H and O–H groups in total. The van der Waals surface area contributed by atoms with Crippen molar-refractivity contribution in [1.29, 1.82) is 0 Å². The summed E-state index contributed by atoms with van der Waals surface area (Å²) in [6.45, 7) is 14.9. The van der Waals surface area contributed by atoms with Crippen LogP contribution in [0.15, 0.2) is 12.7 Å². The number of allylic oxidation sites excluding steroid dienone is 1. The van der Waals surface area contributed by atoms with Crippen molar-refractivity contribution in [3.63, 3.8) is 0 Å². The highest BCUT2D eigenvalue weighted by atomic mass is 17.3. The molecule has 6 nitrogen and oxygen atoms in total. The van der Waals surface area contributed by atoms with Crippen molar-refractivity contribution in [2.24, 2.45) is 10.8 Å². The largest absolute Gasteiger partial charge is 0.393 e. The van der Waals surface area contributed by atoms with E-state index in [1.165, 1.54) is 0 Å². The van der Waals surface area contributed by atoms with Crippen LogP contribution < -0.4 is 0 Å². The van der Waals surface area contributed by atoms with Crippen LogP contribution in [0.1, 0.15) is 60.8 Å². The van der Waals surface area contributed by atoms with Gasteiger partial charge in [-0.1, -0.05) is 40.7 Å². The summed E-state index contributed by atoms with van der Waals surface area (Å²) >= 11 is 0. The van der Waals surface area contributed by atoms with Gasteiger partial charge in [-0.3, -0.25) is 0 Å². The summed E-state index contributed by atoms with van der Waals surface area (Å²) in [5.41, 5.74) is -2.54. The molecule has 0 aromatic rings. The number of hydrogen-bond donors (Lipinski definition) is 0. The summed E-state index contributed by atoms with van der Waals surface area (Å²) in [7, 11) is 0. The Hall–Kier alpha value is -1.40. The van der Waals surface area contributed by atoms with E-state index in [9.17, 15) is 9.59 Å². The molecule has 6 heteroatoms. The summed E-state index contributed by atoms with van der Waals surface area (Å²) in [6.07, 6.45) is 2.70. The third-order valence-corrected chi connectivity index (χ3v) is 5.40. The molecule has 2 atom stereocenters. The Labute approximate surface area is 138 Å². The number of carbonyl (C=O) groups is 2. The van der Waals surface area contributed by atoms with E-state index in [4.69, 9.17) is 19.6 Å². The summed E-state index contributed by atoms with van der Waals surface area (Å²) in [5, 5.41) is 0. The molecule has 0 amide bonds. The summed E-state index contributed by atoms with van der Waals surface area (Å²) in [4.78, 5) is 44.2. The van der Waals surface area contributed by atoms with E-state index in [1.54, 1.807) is 19.9 Å². The van der Waals surface area contributed by atoms with Crippen LogP contribution in [0, 0.1) is 10.8 Å². The van der Waals surface area contributed by atoms with Crippen molar-refractivity contribution in [1.82, 2.24) is 0 Å². The van der Waals surface area contributed by atoms with Gasteiger partial charge in [-0.05, 0) is 31.6 Å². The summed E-state index contributed by atoms with van der Waals surface area (Å²) in [6, 6.07) is 0. The second-order valence-corrected chi connectivity index (χ2v) is 6.52. The van der Waals surface area contributed by atoms with Crippen LogP contribution in [-0.4, -0.2) is 23.6 Å². The second kappa shape index (κ2) is 7.01. The average Bonchev–Trinajstić information content (AvgIpc) is 2.53. The molecule has 0 radical (unpaired) electrons. The molecule has 2 unspecified atom stereocenters. The minimum absolute atomic E-state index is 0.357. The predicted octanol–water partition coefficient (Wildman–Crippen LogP) is 3.51. The highest BCUT2D eigenvalue weighted by Gasteiger charge is 2.57. The molecule has 0 aromatic carbocycles. The zero-order valence-electron chi connectivity index (χ0n) is 14.9. The SMILES string of the molecule is C=CC(C)(C)C(CC)(CC)C(=O)OOC(=O)C1(CC)OOC1C. The first-order chi connectivity index (χ1) is 10.7. The van der Waals surface area contributed by atoms with E-state index in [1.807, 2.05) is 27.7 Å². The maximum absolute atomic E-state index is 12.6. The van der Waals surface area contributed by atoms with E-state index in [2.05, 4.69) is 6.58 Å². The zero-order valence-corrected chi connectivity index (χ0v) is 14.9. The number of carbonyl (C=O) groups excluding carboxylic acids is 2. The molecule has 1 fully saturated rings. The predicted molar refractivity (Wildman–Crippen MR) is 83.8 cm³/mol. The minimum Gasteiger partial charge on any atom is -0.247 e. The molecule has 132 valence electrons. The lowest BCUT2D eigenvalue weighted by molar-refractivity contribution is -0.497. The van der Waals surface area contributed by atoms with Crippen molar-refractivity contribution in [2.45, 2.75) is 72.5 Å². The van der Waals surface area contributed by atoms with Gasteiger partial charge in [0.05, 0.1) is 5.41 Å². The smallest absolute Gasteiger partial charge is 0.247 e. The first-order valence-electron chi connectivity index (χ1n) is 8.08. The fourth-order valence-electron chi connectivity index (χ4n) is 3.09. The third kappa shape index (κ3) is 3.02. The molecule has 1 rings (SSSR count). The highest BCUT2D eigenvalue weighted by Crippen LogP contribution is 2.47. The lowest BCUT2D eigenvalue weighted by Crippen LogP contribution is -2.60. The molecule has 0 aromatic heterocycles. The van der Waals surface area contributed by atoms with Crippen LogP contribution in [0.25, 0.3) is 0 Å². The number of rotatable bonds is 7. The lowest BCUT2D eigenvalue weighted by atomic mass is 9.62. The van der Waals surface area contributed by atoms with Crippen LogP contribution in [0.3, 0.4) is 0 Å². The molecular weight excluding hydrogens is 300 g/mol. The van der Waals surface area contributed by atoms with Crippen molar-refractivity contribution < 1.29 is 29.1 Å². The maximum Gasteiger partial charge on any atom is 0.393 e. The molecule has 23 heavy (non-hydrogen) atoms. The highest BCUT2D eigenvalue weighted by molar-refractivity contribution is 5.83. The van der Waals surface area contributed by atoms with Gasteiger partial charge in [0.1, 0.15) is 6.10 Å². The molecule has 0 spiro atoms. The van der Waals surface area contributed by atoms with Crippen molar-refractivity contribution in [3.8, 4) is 0 Å². The van der Waals surface area contributed by atoms with E-state index < -0.39 is 34.5 Å². The Morgan fingerprint density at radius 3 is 2.09 bits per heavy atom. The van der Waals surface area contributed by atoms with Crippen LogP contribution >= 0.6 is 0 Å². The Kier molecular flexibility index (Phi) is 5.99. The normalized spacial score (nSPS) is 24.5. The Morgan fingerprint density at radius 2 is 1.78 bits per heavy atom. The van der Waals surface area contributed by atoms with Gasteiger partial charge in [0.15, 0.2) is 0 Å². The van der Waals surface area contributed by atoms with Crippen molar-refractivity contribution >= 4 is 11.9 Å². The van der Waals surface area contributed by atoms with E-state index in [0.29, 0.717) is 19.3 Å². The first-order valence-corrected chi connectivity index (χ1v) is 8.08. The fourth-order valence-corrected chi connectivity index (χ4v) is 3.09. The van der Waals surface area contributed by atoms with Crippen LogP contribution in [0.2, 0.25) is 0 Å². The van der Waals surface area contributed by atoms with Crippen molar-refractivity contribution in [2.75, 3.05) is 0 Å². The van der Waals surface area contributed by atoms with E-state index in [0.717, 1.165) is 0 Å². The molecular formula is C17H28O6. The van der Waals surface area contributed by atoms with Crippen LogP contribution in [0.5, 0.6) is 0 Å². The van der Waals surface area contributed by atoms with Gasteiger partial charge in [-0.15, -0.1) is 6.58 Å². The lowest BCUT2D eigenvalue weighted by Gasteiger charge is -2.42. The van der Waals surface area contributed by atoms with Crippen LogP contribution in [0.4, 0.5) is 0 Å². The molecule has 1 heterocycles. The molecule has 0 saturated carbocycles. The molecule has 1 saturated heterocycles. The molecule has 0 bridgehead atoms. The van der Waals surface area contributed by atoms with Gasteiger partial charge in [0.25, 0.3) is 0 Å². The van der Waals surface area contributed by atoms with Crippen molar-refractivity contribution in [3.05, 3.63) is 12.7 Å². The average molecular weight is 328 g/mol. The Balaban J connectivity index is 2.85. The minimum atomic E-state index is -1.21. The standard InChI is InChI=1S/C17H28O6/c1-8-15(6,7)16(9-2,10-3)13(18)21-22-14(19)17(11-4)12(5)20-23-17/h8,12H,1,9-11H2,2-7H3. The van der Waals surface area contributed by atoms with Gasteiger partial charge in [-0.2, -0.15) is 0 Å². The Bertz CT molecular complexity index is 462. The molecule has 1 aliphatic heterocycles. The zero-order chi connectivity index (χ0) is 17.9. The third-order valence-electron chi connectivity index (χ3n) is 5.40. The molecule has 0 aliphatic carbocycles. The molecule has 1 aliphatic rings.